The van der Waals surface area contributed by atoms with E-state index in [0.29, 0.717) is 0 Å². The van der Waals surface area contributed by atoms with Gasteiger partial charge in [-0.25, -0.2) is 0 Å². The molecule has 0 amide bonds. The Kier molecular flexibility index (Phi) is 8.07. The molecule has 10 rings (SSSR count). The van der Waals surface area contributed by atoms with Crippen LogP contribution in [0.4, 0.5) is 0 Å². The van der Waals surface area contributed by atoms with Gasteiger partial charge >= 0.3 is 0 Å². The average Bonchev–Trinajstić information content (AvgIpc) is 3.74. The van der Waals surface area contributed by atoms with E-state index < -0.39 is 0 Å². The molecule has 0 bridgehead atoms. The number of fused-ring (bicyclic) bond motifs is 6. The maximum absolute atomic E-state index is 2.38. The van der Waals surface area contributed by atoms with Gasteiger partial charge in [-0.1, -0.05) is 206 Å². The molecule has 8 aromatic rings. The largest absolute Gasteiger partial charge is 0.344 e. The number of hydrogen-bond donors (Lipinski definition) is 1. The molecule has 0 fully saturated rings. The molecule has 0 unspecified atom stereocenters. The Morgan fingerprint density at radius 2 is 0.868 bits per heavy atom. The van der Waals surface area contributed by atoms with E-state index in [0.717, 1.165) is 6.42 Å². The Morgan fingerprint density at radius 3 is 1.53 bits per heavy atom. The third-order valence-corrected chi connectivity index (χ3v) is 11.2. The summed E-state index contributed by atoms with van der Waals surface area (Å²) in [7, 11) is 0. The summed E-state index contributed by atoms with van der Waals surface area (Å²) in [4.78, 5) is 0. The van der Waals surface area contributed by atoms with Crippen molar-refractivity contribution in [2.45, 2.75) is 11.8 Å². The summed E-state index contributed by atoms with van der Waals surface area (Å²) in [6.45, 7) is 0. The lowest BCUT2D eigenvalue weighted by atomic mass is 9.67. The van der Waals surface area contributed by atoms with Crippen molar-refractivity contribution in [3.63, 3.8) is 0 Å². The third-order valence-electron chi connectivity index (χ3n) is 11.2. The first-order valence-electron chi connectivity index (χ1n) is 18.2. The fourth-order valence-electron chi connectivity index (χ4n) is 8.94. The Bertz CT molecular complexity index is 2570. The fraction of sp³-hybridized carbons (Fsp3) is 0.0385. The highest BCUT2D eigenvalue weighted by molar-refractivity contribution is 5.94. The zero-order valence-electron chi connectivity index (χ0n) is 29.5. The van der Waals surface area contributed by atoms with Gasteiger partial charge in [-0.15, -0.1) is 0 Å². The van der Waals surface area contributed by atoms with Crippen LogP contribution >= 0.6 is 0 Å². The van der Waals surface area contributed by atoms with Crippen molar-refractivity contribution in [2.24, 2.45) is 0 Å². The molecule has 8 aromatic carbocycles. The molecular weight excluding hydrogens is 639 g/mol. The van der Waals surface area contributed by atoms with Crippen molar-refractivity contribution in [1.29, 1.82) is 0 Å². The van der Waals surface area contributed by atoms with Crippen molar-refractivity contribution in [2.75, 3.05) is 0 Å². The van der Waals surface area contributed by atoms with E-state index in [9.17, 15) is 0 Å². The van der Waals surface area contributed by atoms with Gasteiger partial charge in [0.1, 0.15) is 0 Å². The summed E-state index contributed by atoms with van der Waals surface area (Å²) in [5.41, 5.74) is 20.6. The summed E-state index contributed by atoms with van der Waals surface area (Å²) in [6.07, 6.45) is 5.44. The summed E-state index contributed by atoms with van der Waals surface area (Å²) >= 11 is 0. The molecule has 0 saturated carbocycles. The molecule has 0 heterocycles. The highest BCUT2D eigenvalue weighted by Gasteiger charge is 2.45. The van der Waals surface area contributed by atoms with Gasteiger partial charge < -0.3 is 6.15 Å². The van der Waals surface area contributed by atoms with E-state index in [1.807, 2.05) is 0 Å². The number of benzene rings is 8. The molecule has 3 N–H and O–H groups in total. The SMILES string of the molecule is C(=Cc1ccc2c(c1)Cc1c-2ccc(-c2ccccc2)c1-c1ccccc1)c1ccc(C2(c3ccccc3)c3ccccc3-c3ccccc32)cc1.N. The third kappa shape index (κ3) is 5.20. The summed E-state index contributed by atoms with van der Waals surface area (Å²) in [5, 5.41) is 0. The van der Waals surface area contributed by atoms with E-state index in [1.54, 1.807) is 0 Å². The van der Waals surface area contributed by atoms with Gasteiger partial charge in [-0.3, -0.25) is 0 Å². The molecule has 0 atom stereocenters. The Morgan fingerprint density at radius 1 is 0.377 bits per heavy atom. The molecule has 0 spiro atoms. The van der Waals surface area contributed by atoms with E-state index in [1.165, 1.54) is 89.0 Å². The van der Waals surface area contributed by atoms with Crippen LogP contribution in [-0.4, -0.2) is 0 Å². The normalized spacial score (nSPS) is 13.1. The first-order valence-corrected chi connectivity index (χ1v) is 18.2. The van der Waals surface area contributed by atoms with Crippen LogP contribution in [0.2, 0.25) is 0 Å². The van der Waals surface area contributed by atoms with Crippen LogP contribution in [0, 0.1) is 0 Å². The highest BCUT2D eigenvalue weighted by Crippen LogP contribution is 2.56. The standard InChI is InChI=1S/C52H36.H3N/c1-4-14-38(15-5-1)44-32-33-45-43-31-28-37(34-40(43)35-48(45)51(44)39-16-6-2-7-17-39)25-24-36-26-29-42(30-27-36)52(41-18-8-3-9-19-41)49-22-12-10-20-46(49)47-21-11-13-23-50(47)52;/h1-34H,35H2;1H3. The molecular formula is C52H39N. The zero-order chi connectivity index (χ0) is 34.5. The maximum atomic E-state index is 2.38. The zero-order valence-corrected chi connectivity index (χ0v) is 29.5. The van der Waals surface area contributed by atoms with Crippen molar-refractivity contribution >= 4 is 12.2 Å². The number of hydrogen-bond acceptors (Lipinski definition) is 1. The van der Waals surface area contributed by atoms with Crippen LogP contribution in [0.1, 0.15) is 44.5 Å². The molecule has 53 heavy (non-hydrogen) atoms. The first-order chi connectivity index (χ1) is 25.8. The topological polar surface area (TPSA) is 35.0 Å². The van der Waals surface area contributed by atoms with Gasteiger partial charge in [0.2, 0.25) is 0 Å². The van der Waals surface area contributed by atoms with Crippen molar-refractivity contribution in [1.82, 2.24) is 6.15 Å². The van der Waals surface area contributed by atoms with E-state index in [-0.39, 0.29) is 11.6 Å². The summed E-state index contributed by atoms with van der Waals surface area (Å²) < 4.78 is 0. The van der Waals surface area contributed by atoms with Gasteiger partial charge in [-0.2, -0.15) is 0 Å². The summed E-state index contributed by atoms with van der Waals surface area (Å²) in [6, 6.07) is 71.4. The first kappa shape index (κ1) is 32.4. The van der Waals surface area contributed by atoms with Crippen LogP contribution in [0.25, 0.3) is 56.7 Å². The molecule has 0 radical (unpaired) electrons. The molecule has 1 heteroatoms. The lowest BCUT2D eigenvalue weighted by Gasteiger charge is -2.33. The Balaban J connectivity index is 0.00000372. The van der Waals surface area contributed by atoms with Gasteiger partial charge in [0, 0.05) is 0 Å². The lowest BCUT2D eigenvalue weighted by molar-refractivity contribution is 0.768. The molecule has 0 saturated heterocycles. The monoisotopic (exact) mass is 677 g/mol. The van der Waals surface area contributed by atoms with E-state index in [2.05, 4.69) is 206 Å². The smallest absolute Gasteiger partial charge is 0.0713 e. The molecule has 1 nitrogen and oxygen atoms in total. The number of rotatable bonds is 6. The van der Waals surface area contributed by atoms with Gasteiger partial charge in [0.25, 0.3) is 0 Å². The lowest BCUT2D eigenvalue weighted by Crippen LogP contribution is -2.28. The molecule has 2 aliphatic rings. The fourth-order valence-corrected chi connectivity index (χ4v) is 8.94. The minimum Gasteiger partial charge on any atom is -0.344 e. The predicted octanol–water partition coefficient (Wildman–Crippen LogP) is 13.3. The van der Waals surface area contributed by atoms with E-state index in [4.69, 9.17) is 0 Å². The molecule has 252 valence electrons. The minimum absolute atomic E-state index is 0. The van der Waals surface area contributed by atoms with Crippen molar-refractivity contribution in [3.8, 4) is 44.5 Å². The quantitative estimate of drug-likeness (QED) is 0.175. The van der Waals surface area contributed by atoms with Gasteiger partial charge in [0.15, 0.2) is 0 Å². The van der Waals surface area contributed by atoms with Crippen LogP contribution < -0.4 is 6.15 Å². The molecule has 0 aliphatic heterocycles. The van der Waals surface area contributed by atoms with E-state index >= 15 is 0 Å². The Labute approximate surface area is 312 Å². The second-order valence-corrected chi connectivity index (χ2v) is 14.0. The second kappa shape index (κ2) is 13.2. The molecule has 2 aliphatic carbocycles. The molecule has 0 aromatic heterocycles. The average molecular weight is 678 g/mol. The van der Waals surface area contributed by atoms with Crippen molar-refractivity contribution < 1.29 is 0 Å². The van der Waals surface area contributed by atoms with Crippen LogP contribution in [-0.2, 0) is 11.8 Å². The van der Waals surface area contributed by atoms with Crippen molar-refractivity contribution in [3.05, 3.63) is 239 Å². The van der Waals surface area contributed by atoms with Crippen LogP contribution in [0.15, 0.2) is 194 Å². The maximum Gasteiger partial charge on any atom is 0.0713 e. The Hall–Kier alpha value is -6.54. The van der Waals surface area contributed by atoms with Crippen LogP contribution in [0.5, 0.6) is 0 Å². The van der Waals surface area contributed by atoms with Crippen LogP contribution in [0.3, 0.4) is 0 Å². The van der Waals surface area contributed by atoms with Gasteiger partial charge in [0.05, 0.1) is 5.41 Å². The minimum atomic E-state index is -0.370. The highest BCUT2D eigenvalue weighted by atomic mass is 14.5. The predicted molar refractivity (Wildman–Crippen MR) is 223 cm³/mol. The van der Waals surface area contributed by atoms with Gasteiger partial charge in [-0.05, 0) is 95.4 Å². The summed E-state index contributed by atoms with van der Waals surface area (Å²) in [5.74, 6) is 0. The second-order valence-electron chi connectivity index (χ2n) is 14.0.